The van der Waals surface area contributed by atoms with E-state index in [0.29, 0.717) is 6.54 Å². The van der Waals surface area contributed by atoms with Crippen molar-refractivity contribution in [1.29, 1.82) is 0 Å². The SMILES string of the molecule is CC1CCCN1C(=O)C1CC(C(=O)O)CCN1C(=O)c1c(Cl)cccc1C(F)(F)F. The van der Waals surface area contributed by atoms with Gasteiger partial charge in [-0.2, -0.15) is 13.2 Å². The molecule has 1 aromatic carbocycles. The van der Waals surface area contributed by atoms with E-state index < -0.39 is 47.0 Å². The first kappa shape index (κ1) is 22.4. The van der Waals surface area contributed by atoms with E-state index in [-0.39, 0.29) is 30.5 Å². The molecule has 0 bridgehead atoms. The maximum absolute atomic E-state index is 13.5. The van der Waals surface area contributed by atoms with Gasteiger partial charge in [0.1, 0.15) is 6.04 Å². The number of nitrogens with zero attached hydrogens (tertiary/aromatic N) is 2. The Kier molecular flexibility index (Phi) is 6.31. The van der Waals surface area contributed by atoms with Gasteiger partial charge in [0, 0.05) is 19.1 Å². The van der Waals surface area contributed by atoms with Gasteiger partial charge in [-0.25, -0.2) is 0 Å². The molecule has 0 saturated carbocycles. The number of likely N-dealkylation sites (tertiary alicyclic amines) is 2. The fraction of sp³-hybridized carbons (Fsp3) is 0.550. The maximum atomic E-state index is 13.5. The van der Waals surface area contributed by atoms with Crippen molar-refractivity contribution in [2.24, 2.45) is 5.92 Å². The molecule has 3 rings (SSSR count). The van der Waals surface area contributed by atoms with Crippen LogP contribution in [0.2, 0.25) is 5.02 Å². The lowest BCUT2D eigenvalue weighted by atomic mass is 9.89. The van der Waals surface area contributed by atoms with E-state index in [1.54, 1.807) is 4.90 Å². The van der Waals surface area contributed by atoms with E-state index in [0.717, 1.165) is 29.9 Å². The lowest BCUT2D eigenvalue weighted by Gasteiger charge is -2.40. The zero-order chi connectivity index (χ0) is 22.2. The summed E-state index contributed by atoms with van der Waals surface area (Å²) in [6.45, 7) is 2.18. The largest absolute Gasteiger partial charge is 0.481 e. The molecule has 2 heterocycles. The number of alkyl halides is 3. The maximum Gasteiger partial charge on any atom is 0.417 e. The zero-order valence-corrected chi connectivity index (χ0v) is 17.0. The summed E-state index contributed by atoms with van der Waals surface area (Å²) in [5.74, 6) is -3.39. The van der Waals surface area contributed by atoms with Crippen LogP contribution < -0.4 is 0 Å². The minimum atomic E-state index is -4.81. The molecule has 0 aromatic heterocycles. The van der Waals surface area contributed by atoms with Crippen LogP contribution in [0.4, 0.5) is 13.2 Å². The molecule has 2 amide bonds. The van der Waals surface area contributed by atoms with Crippen molar-refractivity contribution in [2.75, 3.05) is 13.1 Å². The smallest absolute Gasteiger partial charge is 0.417 e. The minimum absolute atomic E-state index is 0.0478. The summed E-state index contributed by atoms with van der Waals surface area (Å²) in [5.41, 5.74) is -1.89. The van der Waals surface area contributed by atoms with Gasteiger partial charge < -0.3 is 14.9 Å². The van der Waals surface area contributed by atoms with E-state index >= 15 is 0 Å². The number of benzene rings is 1. The molecule has 164 valence electrons. The van der Waals surface area contributed by atoms with Gasteiger partial charge in [-0.15, -0.1) is 0 Å². The molecule has 2 aliphatic rings. The molecule has 0 aliphatic carbocycles. The lowest BCUT2D eigenvalue weighted by molar-refractivity contribution is -0.146. The Hall–Kier alpha value is -2.29. The van der Waals surface area contributed by atoms with Crippen LogP contribution in [0.5, 0.6) is 0 Å². The summed E-state index contributed by atoms with van der Waals surface area (Å²) < 4.78 is 40.5. The number of amides is 2. The third-order valence-electron chi connectivity index (χ3n) is 5.87. The highest BCUT2D eigenvalue weighted by atomic mass is 35.5. The van der Waals surface area contributed by atoms with Crippen LogP contribution in [-0.4, -0.2) is 57.9 Å². The van der Waals surface area contributed by atoms with Crippen LogP contribution in [0, 0.1) is 5.92 Å². The van der Waals surface area contributed by atoms with Crippen LogP contribution in [0.25, 0.3) is 0 Å². The Morgan fingerprint density at radius 2 is 1.83 bits per heavy atom. The summed E-state index contributed by atoms with van der Waals surface area (Å²) >= 11 is 5.97. The molecule has 3 atom stereocenters. The second-order valence-corrected chi connectivity index (χ2v) is 8.16. The van der Waals surface area contributed by atoms with Gasteiger partial charge in [0.15, 0.2) is 0 Å². The molecular weight excluding hydrogens is 425 g/mol. The highest BCUT2D eigenvalue weighted by molar-refractivity contribution is 6.34. The zero-order valence-electron chi connectivity index (χ0n) is 16.3. The molecule has 3 unspecified atom stereocenters. The number of carbonyl (C=O) groups excluding carboxylic acids is 2. The number of piperidine rings is 1. The van der Waals surface area contributed by atoms with Crippen molar-refractivity contribution < 1.29 is 32.7 Å². The van der Waals surface area contributed by atoms with Crippen molar-refractivity contribution in [3.8, 4) is 0 Å². The van der Waals surface area contributed by atoms with Gasteiger partial charge in [-0.3, -0.25) is 14.4 Å². The van der Waals surface area contributed by atoms with Gasteiger partial charge in [0.25, 0.3) is 5.91 Å². The van der Waals surface area contributed by atoms with E-state index in [9.17, 15) is 32.7 Å². The number of hydrogen-bond acceptors (Lipinski definition) is 3. The van der Waals surface area contributed by atoms with Gasteiger partial charge >= 0.3 is 12.1 Å². The van der Waals surface area contributed by atoms with E-state index in [2.05, 4.69) is 0 Å². The highest BCUT2D eigenvalue weighted by Gasteiger charge is 2.44. The van der Waals surface area contributed by atoms with Crippen molar-refractivity contribution in [3.05, 3.63) is 34.3 Å². The monoisotopic (exact) mass is 446 g/mol. The molecule has 2 saturated heterocycles. The summed E-state index contributed by atoms with van der Waals surface area (Å²) in [5, 5.41) is 9.03. The van der Waals surface area contributed by atoms with Crippen LogP contribution >= 0.6 is 11.6 Å². The van der Waals surface area contributed by atoms with Crippen LogP contribution in [0.15, 0.2) is 18.2 Å². The summed E-state index contributed by atoms with van der Waals surface area (Å²) in [6.07, 6.45) is -3.35. The highest BCUT2D eigenvalue weighted by Crippen LogP contribution is 2.37. The van der Waals surface area contributed by atoms with E-state index in [1.165, 1.54) is 6.07 Å². The summed E-state index contributed by atoms with van der Waals surface area (Å²) in [6, 6.07) is 1.83. The van der Waals surface area contributed by atoms with Crippen LogP contribution in [-0.2, 0) is 15.8 Å². The molecule has 0 spiro atoms. The molecule has 2 aliphatic heterocycles. The Morgan fingerprint density at radius 1 is 1.13 bits per heavy atom. The van der Waals surface area contributed by atoms with Crippen molar-refractivity contribution in [2.45, 2.75) is 50.9 Å². The number of halogens is 4. The quantitative estimate of drug-likeness (QED) is 0.768. The van der Waals surface area contributed by atoms with Gasteiger partial charge in [-0.1, -0.05) is 17.7 Å². The average Bonchev–Trinajstić information content (AvgIpc) is 3.11. The standard InChI is InChI=1S/C20H22ClF3N2O4/c1-11-4-3-8-25(11)17(27)15-10-12(19(29)30)7-9-26(15)18(28)16-13(20(22,23)24)5-2-6-14(16)21/h2,5-6,11-12,15H,3-4,7-10H2,1H3,(H,29,30). The third kappa shape index (κ3) is 4.26. The Labute approximate surface area is 176 Å². The first-order chi connectivity index (χ1) is 14.0. The van der Waals surface area contributed by atoms with Gasteiger partial charge in [0.2, 0.25) is 5.91 Å². The number of carboxylic acids is 1. The number of carboxylic acid groups (broad SMARTS) is 1. The van der Waals surface area contributed by atoms with Crippen LogP contribution in [0.3, 0.4) is 0 Å². The molecule has 1 aromatic rings. The number of rotatable bonds is 3. The predicted octanol–water partition coefficient (Wildman–Crippen LogP) is 3.68. The first-order valence-electron chi connectivity index (χ1n) is 9.72. The number of hydrogen-bond donors (Lipinski definition) is 1. The Balaban J connectivity index is 1.99. The van der Waals surface area contributed by atoms with E-state index in [1.807, 2.05) is 6.92 Å². The van der Waals surface area contributed by atoms with Gasteiger partial charge in [0.05, 0.1) is 22.1 Å². The molecule has 6 nitrogen and oxygen atoms in total. The van der Waals surface area contributed by atoms with Crippen molar-refractivity contribution in [3.63, 3.8) is 0 Å². The molecular formula is C20H22ClF3N2O4. The van der Waals surface area contributed by atoms with E-state index in [4.69, 9.17) is 11.6 Å². The fourth-order valence-electron chi connectivity index (χ4n) is 4.24. The normalized spacial score (nSPS) is 24.8. The topological polar surface area (TPSA) is 77.9 Å². The molecule has 1 N–H and O–H groups in total. The fourth-order valence-corrected chi connectivity index (χ4v) is 4.50. The predicted molar refractivity (Wildman–Crippen MR) is 102 cm³/mol. The average molecular weight is 447 g/mol. The Bertz CT molecular complexity index is 861. The molecule has 10 heteroatoms. The lowest BCUT2D eigenvalue weighted by Crippen LogP contribution is -2.56. The number of carbonyl (C=O) groups is 3. The van der Waals surface area contributed by atoms with Crippen molar-refractivity contribution >= 4 is 29.4 Å². The first-order valence-corrected chi connectivity index (χ1v) is 10.1. The van der Waals surface area contributed by atoms with Gasteiger partial charge in [-0.05, 0) is 44.7 Å². The molecule has 30 heavy (non-hydrogen) atoms. The third-order valence-corrected chi connectivity index (χ3v) is 6.18. The van der Waals surface area contributed by atoms with Crippen LogP contribution in [0.1, 0.15) is 48.5 Å². The molecule has 0 radical (unpaired) electrons. The second kappa shape index (κ2) is 8.45. The summed E-state index contributed by atoms with van der Waals surface area (Å²) in [4.78, 5) is 40.5. The number of aliphatic carboxylic acids is 1. The summed E-state index contributed by atoms with van der Waals surface area (Å²) in [7, 11) is 0. The van der Waals surface area contributed by atoms with Crippen molar-refractivity contribution in [1.82, 2.24) is 9.80 Å². The second-order valence-electron chi connectivity index (χ2n) is 7.76. The molecule has 2 fully saturated rings. The minimum Gasteiger partial charge on any atom is -0.481 e. The Morgan fingerprint density at radius 3 is 2.40 bits per heavy atom.